The van der Waals surface area contributed by atoms with Crippen LogP contribution in [0.4, 0.5) is 13.2 Å². The van der Waals surface area contributed by atoms with E-state index in [1.165, 1.54) is 16.7 Å². The average Bonchev–Trinajstić information content (AvgIpc) is 2.80. The first-order valence-corrected chi connectivity index (χ1v) is 8.10. The van der Waals surface area contributed by atoms with E-state index in [0.29, 0.717) is 6.61 Å². The molecule has 1 aliphatic rings. The number of ether oxygens (including phenoxy) is 1. The van der Waals surface area contributed by atoms with Crippen molar-refractivity contribution in [1.29, 1.82) is 0 Å². The van der Waals surface area contributed by atoms with Crippen molar-refractivity contribution in [2.24, 2.45) is 0 Å². The molecule has 0 unspecified atom stereocenters. The molecule has 26 heavy (non-hydrogen) atoms. The molecular formula is C18H17ClF3NO3. The number of rotatable bonds is 1. The number of carboxylic acids is 1. The average molecular weight is 388 g/mol. The van der Waals surface area contributed by atoms with E-state index in [4.69, 9.17) is 26.2 Å². The molecule has 2 aromatic rings. The van der Waals surface area contributed by atoms with Crippen molar-refractivity contribution in [3.8, 4) is 16.9 Å². The normalized spacial score (nSPS) is 13.6. The third-order valence-electron chi connectivity index (χ3n) is 3.66. The van der Waals surface area contributed by atoms with E-state index in [1.807, 2.05) is 12.1 Å². The second-order valence-corrected chi connectivity index (χ2v) is 6.02. The number of carboxylic acid groups (broad SMARTS) is 1. The largest absolute Gasteiger partial charge is 0.491 e. The van der Waals surface area contributed by atoms with E-state index < -0.39 is 12.1 Å². The summed E-state index contributed by atoms with van der Waals surface area (Å²) in [6.45, 7) is 4.52. The maximum absolute atomic E-state index is 10.6. The van der Waals surface area contributed by atoms with Crippen LogP contribution in [0.15, 0.2) is 36.4 Å². The maximum Gasteiger partial charge on any atom is 0.490 e. The molecule has 0 spiro atoms. The molecule has 0 radical (unpaired) electrons. The first-order valence-electron chi connectivity index (χ1n) is 7.72. The quantitative estimate of drug-likeness (QED) is 0.760. The summed E-state index contributed by atoms with van der Waals surface area (Å²) < 4.78 is 37.7. The van der Waals surface area contributed by atoms with Crippen molar-refractivity contribution in [3.05, 3.63) is 52.5 Å². The number of hydrogen-bond donors (Lipinski definition) is 2. The number of carbonyl (C=O) groups is 1. The van der Waals surface area contributed by atoms with Crippen molar-refractivity contribution in [1.82, 2.24) is 5.32 Å². The third-order valence-corrected chi connectivity index (χ3v) is 3.89. The van der Waals surface area contributed by atoms with Crippen molar-refractivity contribution in [2.45, 2.75) is 19.6 Å². The minimum Gasteiger partial charge on any atom is -0.491 e. The van der Waals surface area contributed by atoms with E-state index in [0.717, 1.165) is 29.4 Å². The third kappa shape index (κ3) is 5.12. The second kappa shape index (κ2) is 8.42. The molecule has 0 atom stereocenters. The lowest BCUT2D eigenvalue weighted by Crippen LogP contribution is -2.21. The van der Waals surface area contributed by atoms with Crippen molar-refractivity contribution >= 4 is 17.6 Å². The summed E-state index contributed by atoms with van der Waals surface area (Å²) in [5.74, 6) is -1.76. The van der Waals surface area contributed by atoms with Gasteiger partial charge in [-0.05, 0) is 30.2 Å². The number of hydrogen-bond acceptors (Lipinski definition) is 3. The zero-order valence-corrected chi connectivity index (χ0v) is 14.6. The van der Waals surface area contributed by atoms with Gasteiger partial charge in [0.05, 0.1) is 0 Å². The van der Waals surface area contributed by atoms with Gasteiger partial charge in [-0.3, -0.25) is 0 Å². The Kier molecular flexibility index (Phi) is 6.50. The van der Waals surface area contributed by atoms with Gasteiger partial charge in [-0.2, -0.15) is 13.2 Å². The molecule has 0 amide bonds. The Labute approximate surface area is 153 Å². The highest BCUT2D eigenvalue weighted by Crippen LogP contribution is 2.36. The molecule has 0 aromatic heterocycles. The summed E-state index contributed by atoms with van der Waals surface area (Å²) in [4.78, 5) is 8.90. The van der Waals surface area contributed by atoms with Crippen LogP contribution in [0.5, 0.6) is 5.75 Å². The van der Waals surface area contributed by atoms with Gasteiger partial charge in [-0.15, -0.1) is 0 Å². The van der Waals surface area contributed by atoms with Crippen LogP contribution in [0.2, 0.25) is 5.02 Å². The molecular weight excluding hydrogens is 371 g/mol. The highest BCUT2D eigenvalue weighted by molar-refractivity contribution is 6.30. The minimum absolute atomic E-state index is 0.705. The number of aryl methyl sites for hydroxylation is 1. The van der Waals surface area contributed by atoms with E-state index in [1.54, 1.807) is 0 Å². The molecule has 0 aliphatic carbocycles. The zero-order chi connectivity index (χ0) is 19.3. The number of para-hydroxylation sites is 1. The van der Waals surface area contributed by atoms with Crippen LogP contribution < -0.4 is 10.1 Å². The number of aliphatic carboxylic acids is 1. The van der Waals surface area contributed by atoms with E-state index in [9.17, 15) is 13.2 Å². The lowest BCUT2D eigenvalue weighted by Gasteiger charge is -2.14. The van der Waals surface area contributed by atoms with Gasteiger partial charge in [-0.25, -0.2) is 4.79 Å². The fourth-order valence-corrected chi connectivity index (χ4v) is 2.71. The number of alkyl halides is 3. The van der Waals surface area contributed by atoms with Crippen LogP contribution in [-0.2, 0) is 11.3 Å². The lowest BCUT2D eigenvalue weighted by atomic mass is 9.97. The molecule has 0 saturated heterocycles. The number of nitrogens with one attached hydrogen (secondary N) is 1. The van der Waals surface area contributed by atoms with Crippen LogP contribution in [0.25, 0.3) is 11.1 Å². The lowest BCUT2D eigenvalue weighted by molar-refractivity contribution is -0.192. The number of fused-ring (bicyclic) bond motifs is 1. The molecule has 2 aromatic carbocycles. The molecule has 0 fully saturated rings. The van der Waals surface area contributed by atoms with Crippen molar-refractivity contribution < 1.29 is 27.8 Å². The zero-order valence-electron chi connectivity index (χ0n) is 13.9. The van der Waals surface area contributed by atoms with Crippen LogP contribution in [0.3, 0.4) is 0 Å². The molecule has 0 saturated carbocycles. The summed E-state index contributed by atoms with van der Waals surface area (Å²) in [6.07, 6.45) is -5.08. The van der Waals surface area contributed by atoms with Crippen LogP contribution >= 0.6 is 11.6 Å². The van der Waals surface area contributed by atoms with Gasteiger partial charge in [-0.1, -0.05) is 35.9 Å². The Hall–Kier alpha value is -2.25. The Morgan fingerprint density at radius 3 is 2.54 bits per heavy atom. The summed E-state index contributed by atoms with van der Waals surface area (Å²) in [5.41, 5.74) is 4.71. The fraction of sp³-hybridized carbons (Fsp3) is 0.278. The van der Waals surface area contributed by atoms with Gasteiger partial charge in [0.2, 0.25) is 0 Å². The summed E-state index contributed by atoms with van der Waals surface area (Å²) in [5, 5.41) is 11.3. The molecule has 0 bridgehead atoms. The predicted octanol–water partition coefficient (Wildman–Crippen LogP) is 4.43. The SMILES string of the molecule is Cc1cc(Cl)ccc1-c1cccc2c1OCCNC2.O=C(O)C(F)(F)F. The minimum atomic E-state index is -5.08. The molecule has 3 rings (SSSR count). The summed E-state index contributed by atoms with van der Waals surface area (Å²) in [6, 6.07) is 12.3. The topological polar surface area (TPSA) is 58.6 Å². The van der Waals surface area contributed by atoms with E-state index >= 15 is 0 Å². The fourth-order valence-electron chi connectivity index (χ4n) is 2.48. The monoisotopic (exact) mass is 387 g/mol. The van der Waals surface area contributed by atoms with Gasteiger partial charge in [0, 0.05) is 29.2 Å². The summed E-state index contributed by atoms with van der Waals surface area (Å²) in [7, 11) is 0. The first-order chi connectivity index (χ1) is 12.2. The van der Waals surface area contributed by atoms with Crippen molar-refractivity contribution in [2.75, 3.05) is 13.2 Å². The highest BCUT2D eigenvalue weighted by Gasteiger charge is 2.38. The Morgan fingerprint density at radius 1 is 1.23 bits per heavy atom. The molecule has 2 N–H and O–H groups in total. The number of halogens is 4. The van der Waals surface area contributed by atoms with E-state index in [-0.39, 0.29) is 0 Å². The Balaban J connectivity index is 0.000000298. The first kappa shape index (κ1) is 20.1. The highest BCUT2D eigenvalue weighted by atomic mass is 35.5. The van der Waals surface area contributed by atoms with Crippen LogP contribution in [0, 0.1) is 6.92 Å². The molecule has 1 heterocycles. The van der Waals surface area contributed by atoms with E-state index in [2.05, 4.69) is 36.5 Å². The smallest absolute Gasteiger partial charge is 0.490 e. The van der Waals surface area contributed by atoms with Crippen LogP contribution in [-0.4, -0.2) is 30.4 Å². The Morgan fingerprint density at radius 2 is 1.92 bits per heavy atom. The van der Waals surface area contributed by atoms with Gasteiger partial charge in [0.25, 0.3) is 0 Å². The van der Waals surface area contributed by atoms with Gasteiger partial charge in [0.1, 0.15) is 12.4 Å². The van der Waals surface area contributed by atoms with Crippen LogP contribution in [0.1, 0.15) is 11.1 Å². The Bertz CT molecular complexity index is 794. The van der Waals surface area contributed by atoms with Crippen molar-refractivity contribution in [3.63, 3.8) is 0 Å². The maximum atomic E-state index is 10.6. The molecule has 1 aliphatic heterocycles. The standard InChI is InChI=1S/C16H16ClNO.C2HF3O2/c1-11-9-13(17)5-6-14(11)15-4-2-3-12-10-18-7-8-19-16(12)15;3-2(4,5)1(6)7/h2-6,9,18H,7-8,10H2,1H3;(H,6,7). The molecule has 8 heteroatoms. The predicted molar refractivity (Wildman–Crippen MR) is 92.5 cm³/mol. The van der Waals surface area contributed by atoms with Gasteiger partial charge < -0.3 is 15.2 Å². The molecule has 4 nitrogen and oxygen atoms in total. The number of benzene rings is 2. The van der Waals surface area contributed by atoms with Gasteiger partial charge in [0.15, 0.2) is 0 Å². The van der Waals surface area contributed by atoms with Gasteiger partial charge >= 0.3 is 12.1 Å². The molecule has 140 valence electrons. The summed E-state index contributed by atoms with van der Waals surface area (Å²) >= 11 is 6.03. The second-order valence-electron chi connectivity index (χ2n) is 5.58.